The van der Waals surface area contributed by atoms with Crippen LogP contribution >= 0.6 is 11.8 Å². The molecule has 2 aromatic rings. The van der Waals surface area contributed by atoms with Crippen LogP contribution in [0.4, 0.5) is 10.5 Å². The Kier molecular flexibility index (Phi) is 4.71. The standard InChI is InChI=1S/C17H18N2O3S/c1-13-4-6-14(7-5-13)19(11-15-3-2-9-22-15)16(20)12-18-8-10-23-17(18)21/h2-7,9H,8,10-12H2,1H3. The van der Waals surface area contributed by atoms with Crippen molar-refractivity contribution in [1.29, 1.82) is 0 Å². The van der Waals surface area contributed by atoms with Gasteiger partial charge in [0.05, 0.1) is 12.8 Å². The van der Waals surface area contributed by atoms with Gasteiger partial charge in [-0.1, -0.05) is 29.5 Å². The van der Waals surface area contributed by atoms with E-state index in [1.165, 1.54) is 11.8 Å². The van der Waals surface area contributed by atoms with Gasteiger partial charge in [0.1, 0.15) is 12.3 Å². The Bertz CT molecular complexity index is 682. The number of benzene rings is 1. The molecule has 6 heteroatoms. The molecule has 1 aromatic carbocycles. The molecule has 0 atom stereocenters. The lowest BCUT2D eigenvalue weighted by molar-refractivity contribution is -0.119. The number of hydrogen-bond acceptors (Lipinski definition) is 4. The lowest BCUT2D eigenvalue weighted by atomic mass is 10.2. The Hall–Kier alpha value is -2.21. The lowest BCUT2D eigenvalue weighted by Crippen LogP contribution is -2.40. The van der Waals surface area contributed by atoms with E-state index in [2.05, 4.69) is 0 Å². The smallest absolute Gasteiger partial charge is 0.282 e. The van der Waals surface area contributed by atoms with Gasteiger partial charge in [0.25, 0.3) is 5.24 Å². The van der Waals surface area contributed by atoms with E-state index in [4.69, 9.17) is 4.42 Å². The molecular formula is C17H18N2O3S. The number of nitrogens with zero attached hydrogens (tertiary/aromatic N) is 2. The predicted molar refractivity (Wildman–Crippen MR) is 90.5 cm³/mol. The van der Waals surface area contributed by atoms with Gasteiger partial charge in [-0.2, -0.15) is 0 Å². The molecule has 0 N–H and O–H groups in total. The number of thioether (sulfide) groups is 1. The number of carbonyl (C=O) groups excluding carboxylic acids is 2. The topological polar surface area (TPSA) is 53.8 Å². The molecule has 2 heterocycles. The first-order valence-corrected chi connectivity index (χ1v) is 8.43. The largest absolute Gasteiger partial charge is 0.467 e. The summed E-state index contributed by atoms with van der Waals surface area (Å²) in [5.41, 5.74) is 1.93. The quantitative estimate of drug-likeness (QED) is 0.844. The second-order valence-electron chi connectivity index (χ2n) is 5.43. The van der Waals surface area contributed by atoms with E-state index in [-0.39, 0.29) is 17.7 Å². The third-order valence-corrected chi connectivity index (χ3v) is 4.60. The number of amides is 2. The van der Waals surface area contributed by atoms with Crippen LogP contribution < -0.4 is 4.90 Å². The summed E-state index contributed by atoms with van der Waals surface area (Å²) >= 11 is 1.26. The zero-order valence-electron chi connectivity index (χ0n) is 12.9. The van der Waals surface area contributed by atoms with Crippen molar-refractivity contribution in [2.24, 2.45) is 0 Å². The molecule has 0 saturated carbocycles. The summed E-state index contributed by atoms with van der Waals surface area (Å²) in [5.74, 6) is 1.34. The van der Waals surface area contributed by atoms with Crippen LogP contribution in [-0.2, 0) is 11.3 Å². The van der Waals surface area contributed by atoms with Crippen molar-refractivity contribution in [3.05, 3.63) is 54.0 Å². The summed E-state index contributed by atoms with van der Waals surface area (Å²) in [5, 5.41) is -0.0276. The maximum absolute atomic E-state index is 12.7. The van der Waals surface area contributed by atoms with Crippen molar-refractivity contribution < 1.29 is 14.0 Å². The third kappa shape index (κ3) is 3.76. The van der Waals surface area contributed by atoms with Crippen molar-refractivity contribution in [1.82, 2.24) is 4.90 Å². The van der Waals surface area contributed by atoms with Crippen molar-refractivity contribution in [3.8, 4) is 0 Å². The minimum Gasteiger partial charge on any atom is -0.467 e. The SMILES string of the molecule is Cc1ccc(N(Cc2ccco2)C(=O)CN2CCSC2=O)cc1. The second kappa shape index (κ2) is 6.91. The van der Waals surface area contributed by atoms with Crippen molar-refractivity contribution in [2.75, 3.05) is 23.7 Å². The molecule has 0 bridgehead atoms. The number of hydrogen-bond donors (Lipinski definition) is 0. The van der Waals surface area contributed by atoms with E-state index < -0.39 is 0 Å². The first-order chi connectivity index (χ1) is 11.1. The first-order valence-electron chi connectivity index (χ1n) is 7.44. The fraction of sp³-hybridized carbons (Fsp3) is 0.294. The molecule has 0 aliphatic carbocycles. The molecule has 5 nitrogen and oxygen atoms in total. The zero-order valence-corrected chi connectivity index (χ0v) is 13.7. The molecule has 1 saturated heterocycles. The van der Waals surface area contributed by atoms with E-state index in [0.29, 0.717) is 18.8 Å². The highest BCUT2D eigenvalue weighted by atomic mass is 32.2. The highest BCUT2D eigenvalue weighted by Gasteiger charge is 2.26. The second-order valence-corrected chi connectivity index (χ2v) is 6.48. The van der Waals surface area contributed by atoms with Crippen LogP contribution in [0.3, 0.4) is 0 Å². The van der Waals surface area contributed by atoms with Crippen LogP contribution in [0.25, 0.3) is 0 Å². The summed E-state index contributed by atoms with van der Waals surface area (Å²) in [6.07, 6.45) is 1.59. The van der Waals surface area contributed by atoms with Crippen LogP contribution in [0, 0.1) is 6.92 Å². The van der Waals surface area contributed by atoms with Gasteiger partial charge in [0.15, 0.2) is 0 Å². The van der Waals surface area contributed by atoms with Crippen molar-refractivity contribution in [3.63, 3.8) is 0 Å². The molecule has 1 fully saturated rings. The molecule has 1 aliphatic heterocycles. The van der Waals surface area contributed by atoms with Crippen LogP contribution in [0.5, 0.6) is 0 Å². The third-order valence-electron chi connectivity index (χ3n) is 3.71. The van der Waals surface area contributed by atoms with Gasteiger partial charge in [-0.05, 0) is 31.2 Å². The Morgan fingerprint density at radius 3 is 2.70 bits per heavy atom. The molecule has 0 spiro atoms. The predicted octanol–water partition coefficient (Wildman–Crippen LogP) is 3.29. The van der Waals surface area contributed by atoms with Crippen molar-refractivity contribution >= 4 is 28.6 Å². The van der Waals surface area contributed by atoms with Crippen molar-refractivity contribution in [2.45, 2.75) is 13.5 Å². The lowest BCUT2D eigenvalue weighted by Gasteiger charge is -2.24. The number of rotatable bonds is 5. The minimum absolute atomic E-state index is 0.0276. The summed E-state index contributed by atoms with van der Waals surface area (Å²) in [6, 6.07) is 11.4. The van der Waals surface area contributed by atoms with E-state index in [1.54, 1.807) is 22.1 Å². The molecule has 1 aromatic heterocycles. The molecule has 120 valence electrons. The number of furan rings is 1. The van der Waals surface area contributed by atoms with E-state index >= 15 is 0 Å². The van der Waals surface area contributed by atoms with Crippen LogP contribution in [0.15, 0.2) is 47.1 Å². The maximum atomic E-state index is 12.7. The number of carbonyl (C=O) groups is 2. The first kappa shape index (κ1) is 15.7. The highest BCUT2D eigenvalue weighted by molar-refractivity contribution is 8.13. The average Bonchev–Trinajstić information content (AvgIpc) is 3.18. The molecule has 0 radical (unpaired) electrons. The molecule has 1 aliphatic rings. The molecular weight excluding hydrogens is 312 g/mol. The van der Waals surface area contributed by atoms with Crippen LogP contribution in [0.1, 0.15) is 11.3 Å². The summed E-state index contributed by atoms with van der Waals surface area (Å²) in [7, 11) is 0. The Morgan fingerprint density at radius 2 is 2.09 bits per heavy atom. The Balaban J connectivity index is 1.80. The maximum Gasteiger partial charge on any atom is 0.282 e. The molecule has 3 rings (SSSR count). The Morgan fingerprint density at radius 1 is 1.30 bits per heavy atom. The number of aryl methyl sites for hydroxylation is 1. The van der Waals surface area contributed by atoms with Gasteiger partial charge in [-0.25, -0.2) is 0 Å². The van der Waals surface area contributed by atoms with Gasteiger partial charge < -0.3 is 14.2 Å². The van der Waals surface area contributed by atoms with Gasteiger partial charge in [0, 0.05) is 18.0 Å². The normalized spacial score (nSPS) is 14.3. The Labute approximate surface area is 139 Å². The van der Waals surface area contributed by atoms with Crippen LogP contribution in [-0.4, -0.2) is 34.9 Å². The van der Waals surface area contributed by atoms with Gasteiger partial charge >= 0.3 is 0 Å². The number of anilines is 1. The van der Waals surface area contributed by atoms with E-state index in [1.807, 2.05) is 37.3 Å². The minimum atomic E-state index is -0.110. The monoisotopic (exact) mass is 330 g/mol. The zero-order chi connectivity index (χ0) is 16.2. The molecule has 0 unspecified atom stereocenters. The van der Waals surface area contributed by atoms with Gasteiger partial charge in [-0.15, -0.1) is 0 Å². The highest BCUT2D eigenvalue weighted by Crippen LogP contribution is 2.21. The summed E-state index contributed by atoms with van der Waals surface area (Å²) in [4.78, 5) is 27.7. The average molecular weight is 330 g/mol. The molecule has 2 amide bonds. The summed E-state index contributed by atoms with van der Waals surface area (Å²) in [6.45, 7) is 3.07. The van der Waals surface area contributed by atoms with Crippen LogP contribution in [0.2, 0.25) is 0 Å². The fourth-order valence-electron chi connectivity index (χ4n) is 2.42. The van der Waals surface area contributed by atoms with E-state index in [0.717, 1.165) is 17.0 Å². The van der Waals surface area contributed by atoms with E-state index in [9.17, 15) is 9.59 Å². The van der Waals surface area contributed by atoms with Gasteiger partial charge in [0.2, 0.25) is 5.91 Å². The molecule has 23 heavy (non-hydrogen) atoms. The summed E-state index contributed by atoms with van der Waals surface area (Å²) < 4.78 is 5.37. The fourth-order valence-corrected chi connectivity index (χ4v) is 3.25. The van der Waals surface area contributed by atoms with Gasteiger partial charge in [-0.3, -0.25) is 9.59 Å².